The van der Waals surface area contributed by atoms with Crippen LogP contribution in [-0.2, 0) is 14.3 Å². The van der Waals surface area contributed by atoms with Crippen LogP contribution in [0.2, 0.25) is 0 Å². The molecule has 0 bridgehead atoms. The number of likely N-dealkylation sites (N-methyl/N-ethyl adjacent to an activating group) is 1. The highest BCUT2D eigenvalue weighted by Gasteiger charge is 2.39. The van der Waals surface area contributed by atoms with Crippen LogP contribution in [0.5, 0.6) is 0 Å². The molecule has 1 fully saturated rings. The summed E-state index contributed by atoms with van der Waals surface area (Å²) in [5.41, 5.74) is 1.52. The van der Waals surface area contributed by atoms with Crippen LogP contribution in [0.15, 0.2) is 17.7 Å². The van der Waals surface area contributed by atoms with Crippen molar-refractivity contribution < 1.29 is 19.1 Å². The van der Waals surface area contributed by atoms with E-state index >= 15 is 0 Å². The molecule has 1 aliphatic carbocycles. The van der Waals surface area contributed by atoms with E-state index in [9.17, 15) is 14.4 Å². The average molecular weight is 485 g/mol. The Morgan fingerprint density at radius 1 is 1.24 bits per heavy atom. The van der Waals surface area contributed by atoms with E-state index in [1.807, 2.05) is 20.8 Å². The molecule has 2 heterocycles. The van der Waals surface area contributed by atoms with Crippen LogP contribution in [0, 0.1) is 23.2 Å². The summed E-state index contributed by atoms with van der Waals surface area (Å²) < 4.78 is 5.07. The van der Waals surface area contributed by atoms with Crippen LogP contribution in [0.4, 0.5) is 5.69 Å². The molecule has 1 aliphatic heterocycles. The molecule has 6 nitrogen and oxygen atoms in total. The van der Waals surface area contributed by atoms with Gasteiger partial charge in [-0.1, -0.05) is 23.5 Å². The summed E-state index contributed by atoms with van der Waals surface area (Å²) in [6.07, 6.45) is 6.65. The predicted molar refractivity (Wildman–Crippen MR) is 136 cm³/mol. The van der Waals surface area contributed by atoms with E-state index in [-0.39, 0.29) is 23.1 Å². The van der Waals surface area contributed by atoms with E-state index in [2.05, 4.69) is 24.8 Å². The fourth-order valence-electron chi connectivity index (χ4n) is 4.35. The number of ether oxygens (including phenoxy) is 1. The van der Waals surface area contributed by atoms with Crippen molar-refractivity contribution in [3.05, 3.63) is 27.5 Å². The number of anilines is 1. The molecule has 1 aromatic heterocycles. The molecule has 0 aromatic carbocycles. The van der Waals surface area contributed by atoms with E-state index in [0.717, 1.165) is 25.7 Å². The van der Waals surface area contributed by atoms with Crippen molar-refractivity contribution in [1.82, 2.24) is 4.90 Å². The number of hydrogen-bond acceptors (Lipinski definition) is 5. The summed E-state index contributed by atoms with van der Waals surface area (Å²) in [5, 5.41) is 0. The van der Waals surface area contributed by atoms with E-state index in [0.29, 0.717) is 34.8 Å². The SMILES string of the molecule is COC(=O)c1sc(C#CC(C)(C)C)cc1N(C(=O)[C@H]1CC=C(C)CC1)[C@H]1CCCCN(C)C1=O. The Kier molecular flexibility index (Phi) is 8.25. The molecule has 2 amide bonds. The summed E-state index contributed by atoms with van der Waals surface area (Å²) in [6, 6.07) is 1.14. The lowest BCUT2D eigenvalue weighted by Crippen LogP contribution is -2.51. The zero-order chi connectivity index (χ0) is 25.0. The van der Waals surface area contributed by atoms with Crippen molar-refractivity contribution in [3.8, 4) is 11.8 Å². The van der Waals surface area contributed by atoms with Gasteiger partial charge in [-0.15, -0.1) is 11.3 Å². The van der Waals surface area contributed by atoms with Gasteiger partial charge >= 0.3 is 5.97 Å². The molecule has 184 valence electrons. The first-order valence-electron chi connectivity index (χ1n) is 12.0. The molecule has 0 N–H and O–H groups in total. The largest absolute Gasteiger partial charge is 0.465 e. The first-order chi connectivity index (χ1) is 16.0. The number of rotatable bonds is 4. The second-order valence-electron chi connectivity index (χ2n) is 10.3. The van der Waals surface area contributed by atoms with Gasteiger partial charge in [-0.25, -0.2) is 4.79 Å². The van der Waals surface area contributed by atoms with Crippen LogP contribution in [0.3, 0.4) is 0 Å². The molecule has 1 saturated heterocycles. The van der Waals surface area contributed by atoms with E-state index < -0.39 is 12.0 Å². The average Bonchev–Trinajstić information content (AvgIpc) is 3.14. The molecule has 34 heavy (non-hydrogen) atoms. The summed E-state index contributed by atoms with van der Waals surface area (Å²) in [5.74, 6) is 5.43. The second kappa shape index (κ2) is 10.8. The van der Waals surface area contributed by atoms with Gasteiger partial charge in [0.25, 0.3) is 0 Å². The monoisotopic (exact) mass is 484 g/mol. The van der Waals surface area contributed by atoms with Crippen molar-refractivity contribution in [2.75, 3.05) is 25.6 Å². The summed E-state index contributed by atoms with van der Waals surface area (Å²) in [6.45, 7) is 8.80. The molecule has 0 radical (unpaired) electrons. The van der Waals surface area contributed by atoms with Gasteiger partial charge < -0.3 is 9.64 Å². The van der Waals surface area contributed by atoms with Crippen molar-refractivity contribution in [2.24, 2.45) is 11.3 Å². The number of carbonyl (C=O) groups is 3. The van der Waals surface area contributed by atoms with Crippen LogP contribution in [0.1, 0.15) is 80.8 Å². The molecular weight excluding hydrogens is 448 g/mol. The number of methoxy groups -OCH3 is 1. The van der Waals surface area contributed by atoms with Gasteiger partial charge in [0.15, 0.2) is 0 Å². The van der Waals surface area contributed by atoms with Crippen molar-refractivity contribution >= 4 is 34.8 Å². The highest BCUT2D eigenvalue weighted by Crippen LogP contribution is 2.37. The third-order valence-corrected chi connectivity index (χ3v) is 7.34. The Morgan fingerprint density at radius 3 is 2.59 bits per heavy atom. The number of esters is 1. The van der Waals surface area contributed by atoms with Gasteiger partial charge in [0.05, 0.1) is 17.7 Å². The third kappa shape index (κ3) is 6.09. The van der Waals surface area contributed by atoms with E-state index in [1.54, 1.807) is 22.9 Å². The molecule has 2 atom stereocenters. The van der Waals surface area contributed by atoms with Gasteiger partial charge in [0, 0.05) is 24.9 Å². The van der Waals surface area contributed by atoms with Crippen LogP contribution in [-0.4, -0.2) is 49.4 Å². The Bertz CT molecular complexity index is 1040. The maximum atomic E-state index is 14.0. The molecular formula is C27H36N2O4S. The minimum atomic E-state index is -0.645. The fraction of sp³-hybridized carbons (Fsp3) is 0.593. The number of allylic oxidation sites excluding steroid dienone is 2. The Hall–Kier alpha value is -2.59. The Balaban J connectivity index is 2.13. The zero-order valence-corrected chi connectivity index (χ0v) is 22.0. The molecule has 3 rings (SSSR count). The number of likely N-dealkylation sites (tertiary alicyclic amines) is 1. The molecule has 0 spiro atoms. The molecule has 0 unspecified atom stereocenters. The highest BCUT2D eigenvalue weighted by molar-refractivity contribution is 7.15. The highest BCUT2D eigenvalue weighted by atomic mass is 32.1. The Morgan fingerprint density at radius 2 is 1.97 bits per heavy atom. The first-order valence-corrected chi connectivity index (χ1v) is 12.8. The fourth-order valence-corrected chi connectivity index (χ4v) is 5.27. The summed E-state index contributed by atoms with van der Waals surface area (Å²) in [7, 11) is 3.11. The lowest BCUT2D eigenvalue weighted by molar-refractivity contribution is -0.133. The summed E-state index contributed by atoms with van der Waals surface area (Å²) >= 11 is 1.22. The lowest BCUT2D eigenvalue weighted by Gasteiger charge is -2.35. The van der Waals surface area contributed by atoms with Crippen LogP contribution >= 0.6 is 11.3 Å². The molecule has 7 heteroatoms. The molecule has 0 saturated carbocycles. The predicted octanol–water partition coefficient (Wildman–Crippen LogP) is 5.02. The van der Waals surface area contributed by atoms with E-state index in [1.165, 1.54) is 24.0 Å². The van der Waals surface area contributed by atoms with Crippen molar-refractivity contribution in [2.45, 2.75) is 72.3 Å². The van der Waals surface area contributed by atoms with Crippen molar-refractivity contribution in [1.29, 1.82) is 0 Å². The maximum Gasteiger partial charge on any atom is 0.350 e. The van der Waals surface area contributed by atoms with Gasteiger partial charge in [-0.05, 0) is 72.3 Å². The van der Waals surface area contributed by atoms with E-state index in [4.69, 9.17) is 4.74 Å². The number of nitrogens with zero attached hydrogens (tertiary/aromatic N) is 2. The summed E-state index contributed by atoms with van der Waals surface area (Å²) in [4.78, 5) is 44.5. The van der Waals surface area contributed by atoms with Crippen LogP contribution in [0.25, 0.3) is 0 Å². The minimum Gasteiger partial charge on any atom is -0.465 e. The molecule has 2 aliphatic rings. The normalized spacial score (nSPS) is 21.2. The lowest BCUT2D eigenvalue weighted by atomic mass is 9.88. The second-order valence-corrected chi connectivity index (χ2v) is 11.4. The number of thiophene rings is 1. The minimum absolute atomic E-state index is 0.0854. The standard InChI is InChI=1S/C27H36N2O4S/c1-18-10-12-19(13-11-18)24(30)29(21-9-7-8-16-28(5)25(21)31)22-17-20(14-15-27(2,3)4)34-23(22)26(32)33-6/h10,17,19,21H,7-9,11-13,16H2,1-6H3/t19-,21-/m0/s1. The first kappa shape index (κ1) is 26.0. The Labute approximate surface area is 207 Å². The van der Waals surface area contributed by atoms with Gasteiger partial charge in [0.2, 0.25) is 11.8 Å². The third-order valence-electron chi connectivity index (χ3n) is 6.32. The van der Waals surface area contributed by atoms with Crippen molar-refractivity contribution in [3.63, 3.8) is 0 Å². The zero-order valence-electron chi connectivity index (χ0n) is 21.2. The molecule has 1 aromatic rings. The number of amides is 2. The maximum absolute atomic E-state index is 14.0. The number of carbonyl (C=O) groups excluding carboxylic acids is 3. The number of hydrogen-bond donors (Lipinski definition) is 0. The van der Waals surface area contributed by atoms with Gasteiger partial charge in [-0.3, -0.25) is 14.5 Å². The quantitative estimate of drug-likeness (QED) is 0.342. The topological polar surface area (TPSA) is 66.9 Å². The smallest absolute Gasteiger partial charge is 0.350 e. The van der Waals surface area contributed by atoms with Crippen LogP contribution < -0.4 is 4.90 Å². The van der Waals surface area contributed by atoms with Gasteiger partial charge in [0.1, 0.15) is 10.9 Å². The van der Waals surface area contributed by atoms with Gasteiger partial charge in [-0.2, -0.15) is 0 Å².